The third kappa shape index (κ3) is 77.4. The summed E-state index contributed by atoms with van der Waals surface area (Å²) in [5.74, 6) is 1.09. The molecule has 0 aromatic carbocycles. The summed E-state index contributed by atoms with van der Waals surface area (Å²) in [5.41, 5.74) is 0. The van der Waals surface area contributed by atoms with Crippen LogP contribution >= 0.6 is 15.6 Å². The van der Waals surface area contributed by atoms with Crippen LogP contribution in [0.15, 0.2) is 0 Å². The van der Waals surface area contributed by atoms with E-state index < -0.39 is 97.5 Å². The molecular formula is C87H170O17P2. The Kier molecular flexibility index (Phi) is 74.3. The number of rotatable bonds is 84. The van der Waals surface area contributed by atoms with E-state index in [9.17, 15) is 43.2 Å². The van der Waals surface area contributed by atoms with Crippen molar-refractivity contribution in [1.82, 2.24) is 0 Å². The van der Waals surface area contributed by atoms with Gasteiger partial charge >= 0.3 is 39.5 Å². The minimum Gasteiger partial charge on any atom is -0.462 e. The number of hydrogen-bond acceptors (Lipinski definition) is 15. The summed E-state index contributed by atoms with van der Waals surface area (Å²) < 4.78 is 68.9. The molecule has 17 nitrogen and oxygen atoms in total. The fourth-order valence-corrected chi connectivity index (χ4v) is 15.0. The molecule has 7 atom stereocenters. The molecule has 0 fully saturated rings. The molecule has 3 N–H and O–H groups in total. The van der Waals surface area contributed by atoms with Gasteiger partial charge in [-0.05, 0) is 49.4 Å². The summed E-state index contributed by atoms with van der Waals surface area (Å²) in [6, 6.07) is 0. The van der Waals surface area contributed by atoms with Gasteiger partial charge < -0.3 is 33.8 Å². The van der Waals surface area contributed by atoms with Gasteiger partial charge in [0.05, 0.1) is 26.4 Å². The Bertz CT molecular complexity index is 2060. The highest BCUT2D eigenvalue weighted by molar-refractivity contribution is 7.47. The molecule has 4 unspecified atom stereocenters. The second kappa shape index (κ2) is 75.7. The normalized spacial score (nSPS) is 14.4. The van der Waals surface area contributed by atoms with Crippen molar-refractivity contribution in [3.05, 3.63) is 0 Å². The molecule has 0 aliphatic rings. The van der Waals surface area contributed by atoms with Crippen molar-refractivity contribution in [1.29, 1.82) is 0 Å². The van der Waals surface area contributed by atoms with E-state index in [2.05, 4.69) is 55.4 Å². The summed E-state index contributed by atoms with van der Waals surface area (Å²) in [5, 5.41) is 10.7. The fraction of sp³-hybridized carbons (Fsp3) is 0.954. The molecule has 0 aromatic heterocycles. The van der Waals surface area contributed by atoms with E-state index in [-0.39, 0.29) is 25.7 Å². The quantitative estimate of drug-likeness (QED) is 0.0222. The Morgan fingerprint density at radius 2 is 0.453 bits per heavy atom. The van der Waals surface area contributed by atoms with Crippen molar-refractivity contribution in [3.8, 4) is 0 Å². The fourth-order valence-electron chi connectivity index (χ4n) is 13.4. The first kappa shape index (κ1) is 104. The predicted molar refractivity (Wildman–Crippen MR) is 437 cm³/mol. The van der Waals surface area contributed by atoms with Gasteiger partial charge in [-0.1, -0.05) is 402 Å². The third-order valence-electron chi connectivity index (χ3n) is 21.0. The number of phosphoric acid groups is 2. The average molecular weight is 1550 g/mol. The highest BCUT2D eigenvalue weighted by Crippen LogP contribution is 2.45. The van der Waals surface area contributed by atoms with E-state index in [0.29, 0.717) is 31.6 Å². The number of phosphoric ester groups is 2. The van der Waals surface area contributed by atoms with Crippen LogP contribution in [0.1, 0.15) is 453 Å². The maximum Gasteiger partial charge on any atom is 0.472 e. The van der Waals surface area contributed by atoms with Crippen LogP contribution in [0.2, 0.25) is 0 Å². The number of aliphatic hydroxyl groups excluding tert-OH is 1. The Balaban J connectivity index is 5.21. The van der Waals surface area contributed by atoms with Gasteiger partial charge in [-0.2, -0.15) is 0 Å². The second-order valence-electron chi connectivity index (χ2n) is 32.7. The number of esters is 4. The molecule has 19 heteroatoms. The standard InChI is InChI=1S/C87H170O17P2/c1-9-79(7)65-57-49-40-34-28-22-17-19-25-31-37-43-53-61-69-86(91)103-82(73-97-84(89)67-59-51-42-36-30-24-16-14-12-11-13-15-21-27-33-39-47-55-63-77(3)4)75-101-105(93,94)99-71-81(88)72-100-106(95,96)102-76-83(74-98-85(90)68-60-52-46-45-48-56-64-78(5)6)104-87(92)70-62-54-44-38-32-26-20-18-23-29-35-41-50-58-66-80(8)10-2/h77-83,88H,9-76H2,1-8H3,(H,93,94)(H,95,96)/t79?,80?,81-,82-,83-/m1/s1. The number of aliphatic hydroxyl groups is 1. The van der Waals surface area contributed by atoms with E-state index in [0.717, 1.165) is 114 Å². The monoisotopic (exact) mass is 1550 g/mol. The molecule has 106 heavy (non-hydrogen) atoms. The van der Waals surface area contributed by atoms with Gasteiger partial charge in [0.2, 0.25) is 0 Å². The highest BCUT2D eigenvalue weighted by Gasteiger charge is 2.31. The van der Waals surface area contributed by atoms with Crippen molar-refractivity contribution in [2.45, 2.75) is 472 Å². The van der Waals surface area contributed by atoms with Crippen LogP contribution in [0.5, 0.6) is 0 Å². The molecule has 0 aliphatic heterocycles. The second-order valence-corrected chi connectivity index (χ2v) is 35.6. The van der Waals surface area contributed by atoms with Crippen LogP contribution in [0.3, 0.4) is 0 Å². The van der Waals surface area contributed by atoms with Gasteiger partial charge in [-0.25, -0.2) is 9.13 Å². The number of hydrogen-bond donors (Lipinski definition) is 3. The summed E-state index contributed by atoms with van der Waals surface area (Å²) in [6.07, 6.45) is 65.3. The SMILES string of the molecule is CCC(C)CCCCCCCCCCCCCCCCC(=O)O[C@H](COC(=O)CCCCCCCCCCCCCCCCCCCCC(C)C)COP(=O)(O)OC[C@@H](O)COP(=O)(O)OC[C@@H](COC(=O)CCCCCCCCC(C)C)OC(=O)CCCCCCCCCCCCCCCCC(C)CC. The van der Waals surface area contributed by atoms with Gasteiger partial charge in [0.1, 0.15) is 19.3 Å². The van der Waals surface area contributed by atoms with Crippen molar-refractivity contribution in [2.75, 3.05) is 39.6 Å². The van der Waals surface area contributed by atoms with Crippen LogP contribution < -0.4 is 0 Å². The number of ether oxygens (including phenoxy) is 4. The number of unbranched alkanes of at least 4 members (excludes halogenated alkanes) is 48. The van der Waals surface area contributed by atoms with Crippen LogP contribution in [-0.2, 0) is 65.4 Å². The molecule has 0 radical (unpaired) electrons. The molecule has 0 aliphatic carbocycles. The molecule has 0 bridgehead atoms. The molecule has 0 aromatic rings. The Hall–Kier alpha value is -1.94. The topological polar surface area (TPSA) is 237 Å². The Morgan fingerprint density at radius 1 is 0.264 bits per heavy atom. The van der Waals surface area contributed by atoms with Crippen molar-refractivity contribution >= 4 is 39.5 Å². The van der Waals surface area contributed by atoms with E-state index in [1.165, 1.54) is 250 Å². The molecule has 0 saturated heterocycles. The van der Waals surface area contributed by atoms with Crippen LogP contribution in [0.4, 0.5) is 0 Å². The maximum atomic E-state index is 13.1. The lowest BCUT2D eigenvalue weighted by atomic mass is 9.99. The smallest absolute Gasteiger partial charge is 0.462 e. The highest BCUT2D eigenvalue weighted by atomic mass is 31.2. The van der Waals surface area contributed by atoms with E-state index in [4.69, 9.17) is 37.0 Å². The number of carbonyl (C=O) groups excluding carboxylic acids is 4. The van der Waals surface area contributed by atoms with Crippen LogP contribution in [-0.4, -0.2) is 96.7 Å². The maximum absolute atomic E-state index is 13.1. The Labute approximate surface area is 651 Å². The lowest BCUT2D eigenvalue weighted by molar-refractivity contribution is -0.161. The average Bonchev–Trinajstić information content (AvgIpc) is 0.902. The summed E-state index contributed by atoms with van der Waals surface area (Å²) in [4.78, 5) is 73.2. The first-order chi connectivity index (χ1) is 51.2. The number of carbonyl (C=O) groups is 4. The van der Waals surface area contributed by atoms with Crippen LogP contribution in [0, 0.1) is 23.7 Å². The summed E-state index contributed by atoms with van der Waals surface area (Å²) in [7, 11) is -9.93. The molecule has 0 rings (SSSR count). The lowest BCUT2D eigenvalue weighted by Crippen LogP contribution is -2.30. The first-order valence-corrected chi connectivity index (χ1v) is 47.8. The van der Waals surface area contributed by atoms with Gasteiger partial charge in [0.25, 0.3) is 0 Å². The lowest BCUT2D eigenvalue weighted by Gasteiger charge is -2.21. The van der Waals surface area contributed by atoms with Crippen molar-refractivity contribution < 1.29 is 80.2 Å². The molecule has 0 saturated carbocycles. The zero-order valence-corrected chi connectivity index (χ0v) is 71.9. The van der Waals surface area contributed by atoms with E-state index >= 15 is 0 Å². The summed E-state index contributed by atoms with van der Waals surface area (Å²) in [6.45, 7) is 14.3. The van der Waals surface area contributed by atoms with Gasteiger partial charge in [0, 0.05) is 25.7 Å². The van der Waals surface area contributed by atoms with Crippen molar-refractivity contribution in [2.24, 2.45) is 23.7 Å². The zero-order valence-electron chi connectivity index (χ0n) is 70.1. The molecule has 0 amide bonds. The predicted octanol–water partition coefficient (Wildman–Crippen LogP) is 26.3. The Morgan fingerprint density at radius 3 is 0.670 bits per heavy atom. The molecule has 0 heterocycles. The minimum atomic E-state index is -4.97. The van der Waals surface area contributed by atoms with E-state index in [1.807, 2.05) is 0 Å². The molecular weight excluding hydrogens is 1380 g/mol. The van der Waals surface area contributed by atoms with E-state index in [1.54, 1.807) is 0 Å². The zero-order chi connectivity index (χ0) is 78.1. The van der Waals surface area contributed by atoms with Gasteiger partial charge in [-0.15, -0.1) is 0 Å². The first-order valence-electron chi connectivity index (χ1n) is 44.8. The van der Waals surface area contributed by atoms with Crippen molar-refractivity contribution in [3.63, 3.8) is 0 Å². The largest absolute Gasteiger partial charge is 0.472 e. The molecule has 0 spiro atoms. The molecule has 630 valence electrons. The minimum absolute atomic E-state index is 0.106. The van der Waals surface area contributed by atoms with Gasteiger partial charge in [0.15, 0.2) is 12.2 Å². The van der Waals surface area contributed by atoms with Crippen LogP contribution in [0.25, 0.3) is 0 Å². The third-order valence-corrected chi connectivity index (χ3v) is 22.9. The van der Waals surface area contributed by atoms with Gasteiger partial charge in [-0.3, -0.25) is 37.3 Å². The summed E-state index contributed by atoms with van der Waals surface area (Å²) >= 11 is 0.